The van der Waals surface area contributed by atoms with Crippen LogP contribution in [-0.4, -0.2) is 42.4 Å². The lowest BCUT2D eigenvalue weighted by atomic mass is 9.81. The second kappa shape index (κ2) is 10.0. The molecule has 0 saturated heterocycles. The number of benzene rings is 1. The average molecular weight is 396 g/mol. The summed E-state index contributed by atoms with van der Waals surface area (Å²) in [6, 6.07) is 11.3. The number of aromatic nitrogens is 1. The number of nitrogens with one attached hydrogen (secondary N) is 1. The molecule has 1 aliphatic carbocycles. The Morgan fingerprint density at radius 3 is 2.28 bits per heavy atom. The van der Waals surface area contributed by atoms with Gasteiger partial charge in [0.1, 0.15) is 5.75 Å². The second-order valence-corrected chi connectivity index (χ2v) is 7.63. The third kappa shape index (κ3) is 5.79. The molecular weight excluding hydrogens is 366 g/mol. The third-order valence-corrected chi connectivity index (χ3v) is 5.67. The van der Waals surface area contributed by atoms with Gasteiger partial charge in [0, 0.05) is 43.5 Å². The zero-order valence-electron chi connectivity index (χ0n) is 17.1. The molecule has 0 bridgehead atoms. The molecule has 3 rings (SSSR count). The molecule has 0 aliphatic heterocycles. The maximum atomic E-state index is 12.7. The fourth-order valence-electron chi connectivity index (χ4n) is 3.79. The minimum atomic E-state index is -0.0386. The van der Waals surface area contributed by atoms with Gasteiger partial charge in [-0.05, 0) is 74.1 Å². The summed E-state index contributed by atoms with van der Waals surface area (Å²) in [6.07, 6.45) is 7.39. The predicted octanol–water partition coefficient (Wildman–Crippen LogP) is 3.54. The molecule has 29 heavy (non-hydrogen) atoms. The van der Waals surface area contributed by atoms with Gasteiger partial charge in [0.15, 0.2) is 0 Å². The highest BCUT2D eigenvalue weighted by molar-refractivity contribution is 5.92. The van der Waals surface area contributed by atoms with Crippen LogP contribution in [0.3, 0.4) is 0 Å². The van der Waals surface area contributed by atoms with Gasteiger partial charge in [-0.1, -0.05) is 0 Å². The van der Waals surface area contributed by atoms with Crippen molar-refractivity contribution in [1.82, 2.24) is 9.88 Å². The number of ether oxygens (including phenoxy) is 1. The Kier molecular flexibility index (Phi) is 7.22. The van der Waals surface area contributed by atoms with Gasteiger partial charge in [-0.15, -0.1) is 0 Å². The van der Waals surface area contributed by atoms with Crippen molar-refractivity contribution < 1.29 is 14.3 Å². The van der Waals surface area contributed by atoms with Crippen LogP contribution in [0.1, 0.15) is 31.2 Å². The highest BCUT2D eigenvalue weighted by atomic mass is 16.5. The summed E-state index contributed by atoms with van der Waals surface area (Å²) in [6.45, 7) is 0.695. The van der Waals surface area contributed by atoms with Crippen molar-refractivity contribution in [3.63, 3.8) is 0 Å². The zero-order chi connectivity index (χ0) is 20.6. The average Bonchev–Trinajstić information content (AvgIpc) is 2.78. The highest BCUT2D eigenvalue weighted by Gasteiger charge is 2.31. The number of methoxy groups -OCH3 is 1. The lowest BCUT2D eigenvalue weighted by molar-refractivity contribution is -0.136. The first-order valence-electron chi connectivity index (χ1n) is 10.2. The number of hydrogen-bond donors (Lipinski definition) is 1. The SMILES string of the molecule is COc1ccc(NC(=O)C2CCC(C(=O)N(C)CCc3ccncc3)CC2)cc1. The number of rotatable bonds is 7. The lowest BCUT2D eigenvalue weighted by Crippen LogP contribution is -2.37. The van der Waals surface area contributed by atoms with E-state index in [1.165, 1.54) is 5.56 Å². The summed E-state index contributed by atoms with van der Waals surface area (Å²) < 4.78 is 5.13. The van der Waals surface area contributed by atoms with Crippen LogP contribution in [0.2, 0.25) is 0 Å². The van der Waals surface area contributed by atoms with Gasteiger partial charge >= 0.3 is 0 Å². The molecule has 154 valence electrons. The van der Waals surface area contributed by atoms with E-state index in [0.29, 0.717) is 6.54 Å². The topological polar surface area (TPSA) is 71.5 Å². The van der Waals surface area contributed by atoms with Crippen molar-refractivity contribution >= 4 is 17.5 Å². The first kappa shape index (κ1) is 20.8. The molecule has 1 fully saturated rings. The van der Waals surface area contributed by atoms with Crippen molar-refractivity contribution in [2.45, 2.75) is 32.1 Å². The maximum Gasteiger partial charge on any atom is 0.227 e. The molecule has 1 aromatic heterocycles. The molecule has 1 aliphatic rings. The lowest BCUT2D eigenvalue weighted by Gasteiger charge is -2.30. The van der Waals surface area contributed by atoms with Crippen LogP contribution in [-0.2, 0) is 16.0 Å². The highest BCUT2D eigenvalue weighted by Crippen LogP contribution is 2.31. The van der Waals surface area contributed by atoms with E-state index in [1.54, 1.807) is 19.5 Å². The number of anilines is 1. The summed E-state index contributed by atoms with van der Waals surface area (Å²) >= 11 is 0. The first-order chi connectivity index (χ1) is 14.1. The number of carbonyl (C=O) groups is 2. The molecule has 2 aromatic rings. The minimum Gasteiger partial charge on any atom is -0.497 e. The zero-order valence-corrected chi connectivity index (χ0v) is 17.1. The van der Waals surface area contributed by atoms with Crippen molar-refractivity contribution in [2.24, 2.45) is 11.8 Å². The fraction of sp³-hybridized carbons (Fsp3) is 0.435. The Labute approximate surface area is 172 Å². The van der Waals surface area contributed by atoms with Crippen LogP contribution in [0.15, 0.2) is 48.8 Å². The summed E-state index contributed by atoms with van der Waals surface area (Å²) in [5, 5.41) is 2.97. The molecule has 1 heterocycles. The van der Waals surface area contributed by atoms with Gasteiger partial charge in [0.25, 0.3) is 0 Å². The molecule has 0 unspecified atom stereocenters. The summed E-state index contributed by atoms with van der Waals surface area (Å²) in [7, 11) is 3.48. The van der Waals surface area contributed by atoms with Crippen LogP contribution >= 0.6 is 0 Å². The molecule has 0 radical (unpaired) electrons. The quantitative estimate of drug-likeness (QED) is 0.778. The van der Waals surface area contributed by atoms with Gasteiger partial charge in [0.05, 0.1) is 7.11 Å². The largest absolute Gasteiger partial charge is 0.497 e. The number of pyridine rings is 1. The smallest absolute Gasteiger partial charge is 0.227 e. The van der Waals surface area contributed by atoms with E-state index in [2.05, 4.69) is 10.3 Å². The number of likely N-dealkylation sites (N-methyl/N-ethyl adjacent to an activating group) is 1. The monoisotopic (exact) mass is 395 g/mol. The van der Waals surface area contributed by atoms with Gasteiger partial charge in [0.2, 0.25) is 11.8 Å². The van der Waals surface area contributed by atoms with E-state index in [-0.39, 0.29) is 23.7 Å². The van der Waals surface area contributed by atoms with Crippen LogP contribution in [0, 0.1) is 11.8 Å². The van der Waals surface area contributed by atoms with Crippen molar-refractivity contribution in [2.75, 3.05) is 26.0 Å². The molecule has 0 atom stereocenters. The Hall–Kier alpha value is -2.89. The molecule has 1 N–H and O–H groups in total. The van der Waals surface area contributed by atoms with Gasteiger partial charge in [-0.2, -0.15) is 0 Å². The Morgan fingerprint density at radius 1 is 1.03 bits per heavy atom. The molecule has 1 saturated carbocycles. The third-order valence-electron chi connectivity index (χ3n) is 5.67. The van der Waals surface area contributed by atoms with Crippen LogP contribution in [0.5, 0.6) is 5.75 Å². The standard InChI is InChI=1S/C23H29N3O3/c1-26(16-13-17-11-14-24-15-12-17)23(28)19-5-3-18(4-6-19)22(27)25-20-7-9-21(29-2)10-8-20/h7-12,14-15,18-19H,3-6,13,16H2,1-2H3,(H,25,27). The molecular formula is C23H29N3O3. The summed E-state index contributed by atoms with van der Waals surface area (Å²) in [5.41, 5.74) is 1.95. The first-order valence-corrected chi connectivity index (χ1v) is 10.2. The van der Waals surface area contributed by atoms with E-state index in [4.69, 9.17) is 4.74 Å². The van der Waals surface area contributed by atoms with Gasteiger partial charge < -0.3 is 15.0 Å². The van der Waals surface area contributed by atoms with E-state index in [1.807, 2.05) is 48.3 Å². The van der Waals surface area contributed by atoms with Crippen molar-refractivity contribution in [3.8, 4) is 5.75 Å². The Balaban J connectivity index is 1.43. The van der Waals surface area contributed by atoms with Crippen LogP contribution < -0.4 is 10.1 Å². The number of carbonyl (C=O) groups excluding carboxylic acids is 2. The maximum absolute atomic E-state index is 12.7. The molecule has 2 amide bonds. The van der Waals surface area contributed by atoms with Gasteiger partial charge in [-0.25, -0.2) is 0 Å². The Morgan fingerprint density at radius 2 is 1.66 bits per heavy atom. The number of nitrogens with zero attached hydrogens (tertiary/aromatic N) is 2. The predicted molar refractivity (Wildman–Crippen MR) is 113 cm³/mol. The second-order valence-electron chi connectivity index (χ2n) is 7.63. The van der Waals surface area contributed by atoms with E-state index < -0.39 is 0 Å². The van der Waals surface area contributed by atoms with Crippen LogP contribution in [0.25, 0.3) is 0 Å². The van der Waals surface area contributed by atoms with E-state index in [9.17, 15) is 9.59 Å². The van der Waals surface area contributed by atoms with Gasteiger partial charge in [-0.3, -0.25) is 14.6 Å². The fourth-order valence-corrected chi connectivity index (χ4v) is 3.79. The minimum absolute atomic E-state index is 0.0162. The van der Waals surface area contributed by atoms with Crippen LogP contribution in [0.4, 0.5) is 5.69 Å². The number of amides is 2. The summed E-state index contributed by atoms with van der Waals surface area (Å²) in [4.78, 5) is 31.1. The van der Waals surface area contributed by atoms with Crippen molar-refractivity contribution in [1.29, 1.82) is 0 Å². The van der Waals surface area contributed by atoms with E-state index >= 15 is 0 Å². The Bertz CT molecular complexity index is 800. The molecule has 6 nitrogen and oxygen atoms in total. The normalized spacial score (nSPS) is 18.7. The molecule has 6 heteroatoms. The number of hydrogen-bond acceptors (Lipinski definition) is 4. The van der Waals surface area contributed by atoms with E-state index in [0.717, 1.165) is 43.5 Å². The molecule has 1 aromatic carbocycles. The molecule has 0 spiro atoms. The van der Waals surface area contributed by atoms with Crippen molar-refractivity contribution in [3.05, 3.63) is 54.4 Å². The summed E-state index contributed by atoms with van der Waals surface area (Å²) in [5.74, 6) is 0.959.